The fourth-order valence-electron chi connectivity index (χ4n) is 1.01. The van der Waals surface area contributed by atoms with Crippen molar-refractivity contribution in [2.45, 2.75) is 47.1 Å². The number of hydrogen-bond acceptors (Lipinski definition) is 3. The summed E-state index contributed by atoms with van der Waals surface area (Å²) in [4.78, 5) is 0. The maximum absolute atomic E-state index is 5.52. The van der Waals surface area contributed by atoms with Crippen molar-refractivity contribution in [3.63, 3.8) is 0 Å². The highest BCUT2D eigenvalue weighted by atomic mass is 16.5. The molecule has 0 aromatic carbocycles. The van der Waals surface area contributed by atoms with Gasteiger partial charge in [-0.25, -0.2) is 0 Å². The summed E-state index contributed by atoms with van der Waals surface area (Å²) in [5.41, 5.74) is 0.154. The van der Waals surface area contributed by atoms with Crippen LogP contribution in [-0.4, -0.2) is 38.6 Å². The number of ether oxygens (including phenoxy) is 3. The number of hydrogen-bond donors (Lipinski definition) is 0. The maximum Gasteiger partial charge on any atom is 0.0707 e. The van der Waals surface area contributed by atoms with Crippen LogP contribution >= 0.6 is 0 Å². The molecule has 0 aromatic heterocycles. The van der Waals surface area contributed by atoms with Crippen molar-refractivity contribution in [3.05, 3.63) is 0 Å². The number of rotatable bonds is 7. The Morgan fingerprint density at radius 2 is 1.19 bits per heavy atom. The molecule has 0 N–H and O–H groups in total. The Balaban J connectivity index is 3.17. The zero-order valence-electron chi connectivity index (χ0n) is 11.8. The van der Waals surface area contributed by atoms with Gasteiger partial charge in [0, 0.05) is 0 Å². The summed E-state index contributed by atoms with van der Waals surface area (Å²) in [6, 6.07) is 0. The molecule has 0 radical (unpaired) electrons. The molecule has 0 fully saturated rings. The van der Waals surface area contributed by atoms with E-state index in [2.05, 4.69) is 20.8 Å². The van der Waals surface area contributed by atoms with Crippen molar-refractivity contribution in [2.24, 2.45) is 5.41 Å². The lowest BCUT2D eigenvalue weighted by atomic mass is 9.99. The average molecular weight is 232 g/mol. The molecule has 0 aliphatic rings. The molecule has 0 bridgehead atoms. The van der Waals surface area contributed by atoms with Crippen LogP contribution in [0, 0.1) is 5.41 Å². The molecule has 3 nitrogen and oxygen atoms in total. The standard InChI is InChI=1S/C13H28O3/c1-12(2,3)11-15-8-7-14-9-10-16-13(4,5)6/h7-11H2,1-6H3. The lowest BCUT2D eigenvalue weighted by Gasteiger charge is -2.20. The maximum atomic E-state index is 5.52. The minimum absolute atomic E-state index is 0.0773. The fourth-order valence-corrected chi connectivity index (χ4v) is 1.01. The van der Waals surface area contributed by atoms with Gasteiger partial charge < -0.3 is 14.2 Å². The smallest absolute Gasteiger partial charge is 0.0707 e. The molecule has 0 saturated heterocycles. The van der Waals surface area contributed by atoms with E-state index in [0.29, 0.717) is 26.4 Å². The second-order valence-electron chi connectivity index (χ2n) is 6.19. The minimum atomic E-state index is -0.0773. The van der Waals surface area contributed by atoms with Crippen LogP contribution in [0.15, 0.2) is 0 Å². The summed E-state index contributed by atoms with van der Waals surface area (Å²) in [5, 5.41) is 0. The monoisotopic (exact) mass is 232 g/mol. The molecule has 0 aliphatic heterocycles. The fraction of sp³-hybridized carbons (Fsp3) is 1.00. The summed E-state index contributed by atoms with van der Waals surface area (Å²) in [6.45, 7) is 15.9. The van der Waals surface area contributed by atoms with Crippen LogP contribution in [0.1, 0.15) is 41.5 Å². The Morgan fingerprint density at radius 1 is 0.688 bits per heavy atom. The van der Waals surface area contributed by atoms with E-state index in [0.717, 1.165) is 6.61 Å². The minimum Gasteiger partial charge on any atom is -0.379 e. The van der Waals surface area contributed by atoms with Gasteiger partial charge in [0.05, 0.1) is 38.6 Å². The molecule has 16 heavy (non-hydrogen) atoms. The van der Waals surface area contributed by atoms with E-state index in [-0.39, 0.29) is 11.0 Å². The molecule has 0 saturated carbocycles. The largest absolute Gasteiger partial charge is 0.379 e. The quantitative estimate of drug-likeness (QED) is 0.632. The van der Waals surface area contributed by atoms with E-state index in [1.807, 2.05) is 20.8 Å². The van der Waals surface area contributed by atoms with Crippen molar-refractivity contribution >= 4 is 0 Å². The van der Waals surface area contributed by atoms with Crippen LogP contribution in [0.25, 0.3) is 0 Å². The van der Waals surface area contributed by atoms with Crippen LogP contribution in [0.2, 0.25) is 0 Å². The van der Waals surface area contributed by atoms with Crippen molar-refractivity contribution in [1.82, 2.24) is 0 Å². The van der Waals surface area contributed by atoms with E-state index in [1.165, 1.54) is 0 Å². The van der Waals surface area contributed by atoms with Crippen LogP contribution in [0.5, 0.6) is 0 Å². The molecule has 0 heterocycles. The van der Waals surface area contributed by atoms with E-state index < -0.39 is 0 Å². The molecular weight excluding hydrogens is 204 g/mol. The molecule has 0 spiro atoms. The highest BCUT2D eigenvalue weighted by Crippen LogP contribution is 2.12. The Morgan fingerprint density at radius 3 is 1.69 bits per heavy atom. The van der Waals surface area contributed by atoms with Crippen molar-refractivity contribution < 1.29 is 14.2 Å². The first-order valence-corrected chi connectivity index (χ1v) is 6.00. The van der Waals surface area contributed by atoms with E-state index in [4.69, 9.17) is 14.2 Å². The van der Waals surface area contributed by atoms with Gasteiger partial charge in [-0.05, 0) is 26.2 Å². The lowest BCUT2D eigenvalue weighted by Crippen LogP contribution is -2.22. The van der Waals surface area contributed by atoms with Gasteiger partial charge in [0.15, 0.2) is 0 Å². The van der Waals surface area contributed by atoms with Gasteiger partial charge in [-0.3, -0.25) is 0 Å². The summed E-state index contributed by atoms with van der Waals surface area (Å²) in [7, 11) is 0. The summed E-state index contributed by atoms with van der Waals surface area (Å²) in [6.07, 6.45) is 0. The van der Waals surface area contributed by atoms with Crippen LogP contribution in [0.3, 0.4) is 0 Å². The Bertz CT molecular complexity index is 145. The predicted molar refractivity (Wildman–Crippen MR) is 66.8 cm³/mol. The SMILES string of the molecule is CC(C)(C)COCCOCCOC(C)(C)C. The Hall–Kier alpha value is -0.120. The Labute approximate surface area is 100 Å². The molecule has 0 atom stereocenters. The van der Waals surface area contributed by atoms with Crippen molar-refractivity contribution in [1.29, 1.82) is 0 Å². The van der Waals surface area contributed by atoms with Gasteiger partial charge in [0.2, 0.25) is 0 Å². The second-order valence-corrected chi connectivity index (χ2v) is 6.19. The normalized spacial score (nSPS) is 13.1. The van der Waals surface area contributed by atoms with Gasteiger partial charge in [0.25, 0.3) is 0 Å². The van der Waals surface area contributed by atoms with Gasteiger partial charge >= 0.3 is 0 Å². The topological polar surface area (TPSA) is 27.7 Å². The highest BCUT2D eigenvalue weighted by Gasteiger charge is 2.10. The van der Waals surface area contributed by atoms with E-state index in [9.17, 15) is 0 Å². The van der Waals surface area contributed by atoms with Gasteiger partial charge in [-0.1, -0.05) is 20.8 Å². The van der Waals surface area contributed by atoms with Crippen molar-refractivity contribution in [3.8, 4) is 0 Å². The lowest BCUT2D eigenvalue weighted by molar-refractivity contribution is -0.0456. The third-order valence-electron chi connectivity index (χ3n) is 1.67. The molecule has 3 heteroatoms. The first kappa shape index (κ1) is 15.9. The second kappa shape index (κ2) is 7.25. The predicted octanol–water partition coefficient (Wildman–Crippen LogP) is 2.88. The van der Waals surface area contributed by atoms with Crippen LogP contribution in [-0.2, 0) is 14.2 Å². The van der Waals surface area contributed by atoms with Crippen LogP contribution < -0.4 is 0 Å². The zero-order chi connectivity index (χ0) is 12.7. The van der Waals surface area contributed by atoms with Crippen LogP contribution in [0.4, 0.5) is 0 Å². The van der Waals surface area contributed by atoms with E-state index in [1.54, 1.807) is 0 Å². The highest BCUT2D eigenvalue weighted by molar-refractivity contribution is 4.59. The zero-order valence-corrected chi connectivity index (χ0v) is 11.8. The van der Waals surface area contributed by atoms with Gasteiger partial charge in [-0.15, -0.1) is 0 Å². The van der Waals surface area contributed by atoms with Gasteiger partial charge in [-0.2, -0.15) is 0 Å². The van der Waals surface area contributed by atoms with Gasteiger partial charge in [0.1, 0.15) is 0 Å². The third kappa shape index (κ3) is 13.9. The first-order valence-electron chi connectivity index (χ1n) is 6.00. The van der Waals surface area contributed by atoms with Crippen molar-refractivity contribution in [2.75, 3.05) is 33.0 Å². The molecule has 0 aliphatic carbocycles. The molecule has 0 amide bonds. The summed E-state index contributed by atoms with van der Waals surface area (Å²) < 4.78 is 16.4. The third-order valence-corrected chi connectivity index (χ3v) is 1.67. The molecular formula is C13H28O3. The Kier molecular flexibility index (Phi) is 7.20. The molecule has 0 aromatic rings. The summed E-state index contributed by atoms with van der Waals surface area (Å²) in [5.74, 6) is 0. The average Bonchev–Trinajstić information content (AvgIpc) is 2.06. The molecule has 98 valence electrons. The first-order chi connectivity index (χ1) is 7.21. The van der Waals surface area contributed by atoms with E-state index >= 15 is 0 Å². The molecule has 0 rings (SSSR count). The molecule has 0 unspecified atom stereocenters. The summed E-state index contributed by atoms with van der Waals surface area (Å²) >= 11 is 0.